The molecule has 2 amide bonds. The van der Waals surface area contributed by atoms with Crippen LogP contribution >= 0.6 is 0 Å². The van der Waals surface area contributed by atoms with Crippen molar-refractivity contribution in [2.24, 2.45) is 5.73 Å². The number of unbranched alkanes of at least 4 members (excludes halogenated alkanes) is 3. The Morgan fingerprint density at radius 2 is 1.27 bits per heavy atom. The summed E-state index contributed by atoms with van der Waals surface area (Å²) in [6, 6.07) is 28.6. The number of hydrogen-bond acceptors (Lipinski definition) is 13. The van der Waals surface area contributed by atoms with Gasteiger partial charge in [0.05, 0.1) is 44.3 Å². The number of nitrogens with one attached hydrogen (secondary N) is 2. The van der Waals surface area contributed by atoms with Crippen molar-refractivity contribution in [1.82, 2.24) is 15.6 Å². The summed E-state index contributed by atoms with van der Waals surface area (Å²) < 4.78 is 18.3. The van der Waals surface area contributed by atoms with Crippen LogP contribution < -0.4 is 30.6 Å². The second kappa shape index (κ2) is 27.4. The van der Waals surface area contributed by atoms with Crippen LogP contribution in [0.3, 0.4) is 0 Å². The Hall–Kier alpha value is -5.62. The molecule has 4 aromatic rings. The first kappa shape index (κ1) is 50.0. The number of aliphatic carboxylic acids is 1. The lowest BCUT2D eigenvalue weighted by Gasteiger charge is -2.26. The van der Waals surface area contributed by atoms with E-state index in [1.807, 2.05) is 54.6 Å². The normalized spacial score (nSPS) is 13.6. The second-order valence-corrected chi connectivity index (χ2v) is 15.1. The summed E-state index contributed by atoms with van der Waals surface area (Å²) in [5.74, 6) is -0.0788. The molecule has 0 aliphatic rings. The molecule has 63 heavy (non-hydrogen) atoms. The van der Waals surface area contributed by atoms with Crippen molar-refractivity contribution in [2.45, 2.75) is 94.7 Å². The van der Waals surface area contributed by atoms with Crippen LogP contribution in [0.15, 0.2) is 91.0 Å². The monoisotopic (exact) mass is 874 g/mol. The highest BCUT2D eigenvalue weighted by Crippen LogP contribution is 2.31. The van der Waals surface area contributed by atoms with Gasteiger partial charge in [-0.2, -0.15) is 0 Å². The Kier molecular flexibility index (Phi) is 21.8. The van der Waals surface area contributed by atoms with Crippen molar-refractivity contribution >= 4 is 17.8 Å². The van der Waals surface area contributed by atoms with Gasteiger partial charge in [0.2, 0.25) is 17.7 Å². The number of aromatic nitrogens is 1. The molecule has 0 aliphatic carbocycles. The van der Waals surface area contributed by atoms with Crippen molar-refractivity contribution < 1.29 is 59.2 Å². The van der Waals surface area contributed by atoms with Gasteiger partial charge in [-0.25, -0.2) is 4.98 Å². The number of hydrogen-bond donors (Lipinski definition) is 9. The summed E-state index contributed by atoms with van der Waals surface area (Å²) in [5, 5.41) is 62.4. The largest absolute Gasteiger partial charge is 0.493 e. The van der Waals surface area contributed by atoms with Gasteiger partial charge in [-0.05, 0) is 80.7 Å². The highest BCUT2D eigenvalue weighted by molar-refractivity contribution is 5.81. The van der Waals surface area contributed by atoms with Crippen molar-refractivity contribution in [3.8, 4) is 39.8 Å². The number of carbonyl (C=O) groups is 3. The number of pyridine rings is 1. The van der Waals surface area contributed by atoms with Crippen molar-refractivity contribution in [3.63, 3.8) is 0 Å². The number of carboxylic acids is 1. The summed E-state index contributed by atoms with van der Waals surface area (Å²) in [6.07, 6.45) is -2.38. The minimum absolute atomic E-state index is 0.103. The molecule has 5 unspecified atom stereocenters. The van der Waals surface area contributed by atoms with Gasteiger partial charge in [0, 0.05) is 43.1 Å². The van der Waals surface area contributed by atoms with E-state index in [1.165, 1.54) is 0 Å². The lowest BCUT2D eigenvalue weighted by atomic mass is 10.0. The molecule has 0 spiro atoms. The summed E-state index contributed by atoms with van der Waals surface area (Å²) >= 11 is 0. The zero-order valence-electron chi connectivity index (χ0n) is 35.5. The number of ether oxygens (including phenoxy) is 3. The Morgan fingerprint density at radius 1 is 0.651 bits per heavy atom. The van der Waals surface area contributed by atoms with Crippen LogP contribution in [0.25, 0.3) is 22.4 Å². The third-order valence-electron chi connectivity index (χ3n) is 10.2. The van der Waals surface area contributed by atoms with Crippen LogP contribution in [0, 0.1) is 0 Å². The van der Waals surface area contributed by atoms with Gasteiger partial charge in [-0.1, -0.05) is 66.7 Å². The van der Waals surface area contributed by atoms with E-state index >= 15 is 0 Å². The molecule has 0 saturated heterocycles. The van der Waals surface area contributed by atoms with Crippen molar-refractivity contribution in [3.05, 3.63) is 96.6 Å². The third kappa shape index (κ3) is 17.6. The van der Waals surface area contributed by atoms with Crippen LogP contribution in [-0.4, -0.2) is 123 Å². The number of carboxylic acid groups (broad SMARTS) is 1. The molecule has 0 saturated carbocycles. The number of carbonyl (C=O) groups excluding carboxylic acids is 2. The Balaban J connectivity index is 1.13. The molecule has 16 nitrogen and oxygen atoms in total. The van der Waals surface area contributed by atoms with Gasteiger partial charge in [-0.3, -0.25) is 14.4 Å². The number of aliphatic hydroxyl groups excluding tert-OH is 5. The van der Waals surface area contributed by atoms with Crippen molar-refractivity contribution in [2.75, 3.05) is 39.5 Å². The summed E-state index contributed by atoms with van der Waals surface area (Å²) in [6.45, 7) is 0.255. The van der Waals surface area contributed by atoms with Crippen LogP contribution in [0.4, 0.5) is 0 Å². The van der Waals surface area contributed by atoms with Crippen LogP contribution in [0.1, 0.15) is 63.4 Å². The second-order valence-electron chi connectivity index (χ2n) is 15.1. The molecule has 10 N–H and O–H groups in total. The fraction of sp³-hybridized carbons (Fsp3) is 0.447. The minimum Gasteiger partial charge on any atom is -0.493 e. The SMILES string of the molecule is NC(CCCCNC(=O)CCCOc1cccc(OCCCCCOc2cc(-c3ccccc3)cc(-c3ccccc3)n2)c1CCC(=O)O)C(=O)NCC(O)C(O)C(O)C(O)CO. The van der Waals surface area contributed by atoms with E-state index < -0.39 is 55.5 Å². The van der Waals surface area contributed by atoms with Gasteiger partial charge in [0.15, 0.2) is 0 Å². The maximum Gasteiger partial charge on any atom is 0.303 e. The van der Waals surface area contributed by atoms with Gasteiger partial charge in [0.1, 0.15) is 29.8 Å². The minimum atomic E-state index is -1.80. The fourth-order valence-corrected chi connectivity index (χ4v) is 6.54. The number of benzene rings is 3. The third-order valence-corrected chi connectivity index (χ3v) is 10.2. The van der Waals surface area contributed by atoms with E-state index in [-0.39, 0.29) is 31.8 Å². The van der Waals surface area contributed by atoms with Crippen LogP contribution in [0.2, 0.25) is 0 Å². The molecule has 342 valence electrons. The van der Waals surface area contributed by atoms with Crippen LogP contribution in [0.5, 0.6) is 17.4 Å². The number of nitrogens with zero attached hydrogens (tertiary/aromatic N) is 1. The maximum atomic E-state index is 12.4. The summed E-state index contributed by atoms with van der Waals surface area (Å²) in [4.78, 5) is 41.0. The lowest BCUT2D eigenvalue weighted by molar-refractivity contribution is -0.137. The first-order valence-electron chi connectivity index (χ1n) is 21.4. The molecule has 1 heterocycles. The topological polar surface area (TPSA) is 263 Å². The summed E-state index contributed by atoms with van der Waals surface area (Å²) in [7, 11) is 0. The smallest absolute Gasteiger partial charge is 0.303 e. The first-order valence-corrected chi connectivity index (χ1v) is 21.4. The molecule has 4 rings (SSSR count). The molecule has 16 heteroatoms. The predicted molar refractivity (Wildman–Crippen MR) is 236 cm³/mol. The molecule has 0 radical (unpaired) electrons. The van der Waals surface area contributed by atoms with E-state index in [1.54, 1.807) is 18.2 Å². The summed E-state index contributed by atoms with van der Waals surface area (Å²) in [5.41, 5.74) is 10.5. The molecule has 0 aliphatic heterocycles. The highest BCUT2D eigenvalue weighted by Gasteiger charge is 2.30. The predicted octanol–water partition coefficient (Wildman–Crippen LogP) is 3.39. The lowest BCUT2D eigenvalue weighted by Crippen LogP contribution is -2.51. The highest BCUT2D eigenvalue weighted by atomic mass is 16.5. The number of rotatable bonds is 30. The quantitative estimate of drug-likeness (QED) is 0.0341. The number of aliphatic hydroxyl groups is 5. The van der Waals surface area contributed by atoms with E-state index in [4.69, 9.17) is 30.0 Å². The Bertz CT molecular complexity index is 1920. The molecule has 0 fully saturated rings. The molecule has 3 aromatic carbocycles. The molecule has 5 atom stereocenters. The van der Waals surface area contributed by atoms with E-state index in [0.717, 1.165) is 41.6 Å². The average Bonchev–Trinajstić information content (AvgIpc) is 3.30. The molecular formula is C47H62N4O12. The number of nitrogens with two attached hydrogens (primary N) is 1. The van der Waals surface area contributed by atoms with E-state index in [2.05, 4.69) is 28.8 Å². The van der Waals surface area contributed by atoms with Crippen molar-refractivity contribution in [1.29, 1.82) is 0 Å². The fourth-order valence-electron chi connectivity index (χ4n) is 6.54. The first-order chi connectivity index (χ1) is 30.5. The van der Waals surface area contributed by atoms with Gasteiger partial charge in [-0.15, -0.1) is 0 Å². The van der Waals surface area contributed by atoms with Gasteiger partial charge in [0.25, 0.3) is 0 Å². The van der Waals surface area contributed by atoms with Gasteiger partial charge >= 0.3 is 5.97 Å². The zero-order chi connectivity index (χ0) is 45.4. The maximum absolute atomic E-state index is 12.4. The Morgan fingerprint density at radius 3 is 1.92 bits per heavy atom. The Labute approximate surface area is 368 Å². The molecule has 0 bridgehead atoms. The van der Waals surface area contributed by atoms with Crippen LogP contribution in [-0.2, 0) is 20.8 Å². The molecule has 1 aromatic heterocycles. The zero-order valence-corrected chi connectivity index (χ0v) is 35.5. The standard InChI is InChI=1S/C47H62N4O12/c48-36(47(60)50-30-38(53)45(58)46(59)39(54)31-52)18-8-9-24-49-42(55)21-13-27-62-41-20-12-19-40(35(41)22-23-44(56)57)61-25-10-3-11-26-63-43-29-34(32-14-4-1-5-15-32)28-37(51-43)33-16-6-2-7-17-33/h1-2,4-7,12,14-17,19-20,28-29,36,38-39,45-46,52-54,58-59H,3,8-11,13,18,21-27,30-31,48H2,(H,49,55)(H,50,60)(H,56,57). The average molecular weight is 875 g/mol. The van der Waals surface area contributed by atoms with Gasteiger partial charge < -0.3 is 61.2 Å². The van der Waals surface area contributed by atoms with E-state index in [9.17, 15) is 39.9 Å². The number of amides is 2. The van der Waals surface area contributed by atoms with E-state index in [0.29, 0.717) is 68.4 Å². The molecular weight excluding hydrogens is 813 g/mol.